The van der Waals surface area contributed by atoms with Gasteiger partial charge in [0.15, 0.2) is 0 Å². The molecule has 1 amide bonds. The van der Waals surface area contributed by atoms with Crippen LogP contribution in [0.25, 0.3) is 0 Å². The van der Waals surface area contributed by atoms with Crippen molar-refractivity contribution in [2.24, 2.45) is 0 Å². The number of aryl methyl sites for hydroxylation is 1. The molecule has 2 fully saturated rings. The maximum Gasteiger partial charge on any atom is 0.236 e. The number of rotatable bonds is 5. The maximum atomic E-state index is 12.5. The van der Waals surface area contributed by atoms with Gasteiger partial charge in [0.1, 0.15) is 5.82 Å². The number of amides is 1. The smallest absolute Gasteiger partial charge is 0.236 e. The van der Waals surface area contributed by atoms with E-state index in [9.17, 15) is 4.79 Å². The molecule has 3 rings (SSSR count). The number of carbonyl (C=O) groups is 1. The van der Waals surface area contributed by atoms with Gasteiger partial charge in [-0.15, -0.1) is 0 Å². The molecular formula is C18H28N4OS. The van der Waals surface area contributed by atoms with E-state index in [1.807, 2.05) is 41.8 Å². The zero-order valence-corrected chi connectivity index (χ0v) is 15.5. The van der Waals surface area contributed by atoms with Crippen LogP contribution in [0.2, 0.25) is 0 Å². The first-order chi connectivity index (χ1) is 11.6. The first-order valence-electron chi connectivity index (χ1n) is 8.88. The van der Waals surface area contributed by atoms with Crippen molar-refractivity contribution in [3.05, 3.63) is 23.9 Å². The summed E-state index contributed by atoms with van der Waals surface area (Å²) in [6, 6.07) is 7.03. The van der Waals surface area contributed by atoms with Gasteiger partial charge < -0.3 is 10.2 Å². The summed E-state index contributed by atoms with van der Waals surface area (Å²) in [6.07, 6.45) is 3.19. The molecule has 2 saturated heterocycles. The van der Waals surface area contributed by atoms with E-state index in [4.69, 9.17) is 0 Å². The number of nitrogens with one attached hydrogen (secondary N) is 1. The number of carbonyl (C=O) groups excluding carboxylic acids is 1. The lowest BCUT2D eigenvalue weighted by Gasteiger charge is -2.34. The quantitative estimate of drug-likeness (QED) is 0.884. The first-order valence-corrected chi connectivity index (χ1v) is 10.0. The van der Waals surface area contributed by atoms with E-state index in [0.29, 0.717) is 18.6 Å². The summed E-state index contributed by atoms with van der Waals surface area (Å²) in [7, 11) is 2.09. The van der Waals surface area contributed by atoms with Gasteiger partial charge in [-0.1, -0.05) is 6.07 Å². The molecule has 5 nitrogen and oxygen atoms in total. The third kappa shape index (κ3) is 4.63. The van der Waals surface area contributed by atoms with Crippen LogP contribution in [0.4, 0.5) is 5.82 Å². The van der Waals surface area contributed by atoms with E-state index < -0.39 is 0 Å². The Morgan fingerprint density at radius 2 is 2.17 bits per heavy atom. The van der Waals surface area contributed by atoms with Crippen LogP contribution in [0.15, 0.2) is 18.2 Å². The van der Waals surface area contributed by atoms with E-state index in [2.05, 4.69) is 22.2 Å². The van der Waals surface area contributed by atoms with Gasteiger partial charge in [-0.2, -0.15) is 11.8 Å². The van der Waals surface area contributed by atoms with E-state index >= 15 is 0 Å². The highest BCUT2D eigenvalue weighted by Gasteiger charge is 2.26. The molecule has 1 atom stereocenters. The molecule has 2 aliphatic rings. The lowest BCUT2D eigenvalue weighted by Crippen LogP contribution is -2.47. The fourth-order valence-electron chi connectivity index (χ4n) is 3.42. The molecular weight excluding hydrogens is 320 g/mol. The van der Waals surface area contributed by atoms with Crippen LogP contribution in [0, 0.1) is 6.92 Å². The number of aromatic nitrogens is 1. The minimum atomic E-state index is 0.279. The Hall–Kier alpha value is -1.27. The molecule has 1 aromatic rings. The van der Waals surface area contributed by atoms with E-state index in [-0.39, 0.29) is 5.91 Å². The van der Waals surface area contributed by atoms with Crippen molar-refractivity contribution in [1.29, 1.82) is 0 Å². The van der Waals surface area contributed by atoms with Crippen molar-refractivity contribution >= 4 is 23.5 Å². The fraction of sp³-hybridized carbons (Fsp3) is 0.667. The minimum Gasteiger partial charge on any atom is -0.367 e. The lowest BCUT2D eigenvalue weighted by atomic mass is 10.0. The maximum absolute atomic E-state index is 12.5. The SMILES string of the molecule is Cc1cccc(NC2CCN(C(=O)CN(C)[C@@H]3CCSC3)CC2)n1. The molecule has 1 N–H and O–H groups in total. The Labute approximate surface area is 149 Å². The Morgan fingerprint density at radius 1 is 1.38 bits per heavy atom. The van der Waals surface area contributed by atoms with Crippen LogP contribution in [0.3, 0.4) is 0 Å². The zero-order chi connectivity index (χ0) is 16.9. The minimum absolute atomic E-state index is 0.279. The molecule has 0 unspecified atom stereocenters. The number of hydrogen-bond donors (Lipinski definition) is 1. The number of thioether (sulfide) groups is 1. The van der Waals surface area contributed by atoms with E-state index in [0.717, 1.165) is 37.4 Å². The highest BCUT2D eigenvalue weighted by atomic mass is 32.2. The van der Waals surface area contributed by atoms with E-state index in [1.54, 1.807) is 0 Å². The average Bonchev–Trinajstić information content (AvgIpc) is 3.10. The van der Waals surface area contributed by atoms with Gasteiger partial charge >= 0.3 is 0 Å². The molecule has 2 aliphatic heterocycles. The predicted molar refractivity (Wildman–Crippen MR) is 101 cm³/mol. The first kappa shape index (κ1) is 17.5. The van der Waals surface area contributed by atoms with Gasteiger partial charge in [0.05, 0.1) is 6.54 Å². The van der Waals surface area contributed by atoms with Crippen LogP contribution in [-0.2, 0) is 4.79 Å². The second kappa shape index (κ2) is 8.21. The third-order valence-corrected chi connectivity index (χ3v) is 6.15. The average molecular weight is 349 g/mol. The molecule has 1 aromatic heterocycles. The van der Waals surface area contributed by atoms with Gasteiger partial charge in [-0.25, -0.2) is 4.98 Å². The van der Waals surface area contributed by atoms with E-state index in [1.165, 1.54) is 17.9 Å². The molecule has 6 heteroatoms. The second-order valence-corrected chi connectivity index (χ2v) is 8.05. The number of nitrogens with zero attached hydrogens (tertiary/aromatic N) is 3. The van der Waals surface area contributed by atoms with Crippen molar-refractivity contribution in [2.75, 3.05) is 43.5 Å². The van der Waals surface area contributed by atoms with Crippen LogP contribution in [0.5, 0.6) is 0 Å². The topological polar surface area (TPSA) is 48.5 Å². The van der Waals surface area contributed by atoms with Crippen LogP contribution < -0.4 is 5.32 Å². The summed E-state index contributed by atoms with van der Waals surface area (Å²) >= 11 is 1.99. The van der Waals surface area contributed by atoms with Gasteiger partial charge in [0.25, 0.3) is 0 Å². The molecule has 3 heterocycles. The molecule has 24 heavy (non-hydrogen) atoms. The molecule has 0 radical (unpaired) electrons. The Kier molecular flexibility index (Phi) is 6.00. The largest absolute Gasteiger partial charge is 0.367 e. The van der Waals surface area contributed by atoms with Crippen LogP contribution >= 0.6 is 11.8 Å². The molecule has 0 aromatic carbocycles. The number of anilines is 1. The summed E-state index contributed by atoms with van der Waals surface area (Å²) in [5.41, 5.74) is 1.03. The monoisotopic (exact) mass is 348 g/mol. The van der Waals surface area contributed by atoms with Gasteiger partial charge in [0.2, 0.25) is 5.91 Å². The Bertz CT molecular complexity index is 554. The van der Waals surface area contributed by atoms with Gasteiger partial charge in [-0.05, 0) is 51.1 Å². The molecule has 0 bridgehead atoms. The standard InChI is InChI=1S/C18H28N4OS/c1-14-4-3-5-17(19-14)20-15-6-9-22(10-7-15)18(23)12-21(2)16-8-11-24-13-16/h3-5,15-16H,6-13H2,1-2H3,(H,19,20)/t16-/m1/s1. The highest BCUT2D eigenvalue weighted by Crippen LogP contribution is 2.21. The van der Waals surface area contributed by atoms with Crippen molar-refractivity contribution in [2.45, 2.75) is 38.3 Å². The Morgan fingerprint density at radius 3 is 2.83 bits per heavy atom. The number of hydrogen-bond acceptors (Lipinski definition) is 5. The normalized spacial score (nSPS) is 22.1. The molecule has 132 valence electrons. The van der Waals surface area contributed by atoms with Gasteiger partial charge in [0, 0.05) is 36.6 Å². The summed E-state index contributed by atoms with van der Waals surface area (Å²) < 4.78 is 0. The second-order valence-electron chi connectivity index (χ2n) is 6.90. The van der Waals surface area contributed by atoms with Gasteiger partial charge in [-0.3, -0.25) is 9.69 Å². The number of likely N-dealkylation sites (tertiary alicyclic amines) is 1. The lowest BCUT2D eigenvalue weighted by molar-refractivity contribution is -0.133. The number of pyridine rings is 1. The van der Waals surface area contributed by atoms with Crippen molar-refractivity contribution in [1.82, 2.24) is 14.8 Å². The molecule has 0 spiro atoms. The molecule has 0 saturated carbocycles. The summed E-state index contributed by atoms with van der Waals surface area (Å²) in [5, 5.41) is 3.50. The summed E-state index contributed by atoms with van der Waals surface area (Å²) in [6.45, 7) is 4.25. The molecule has 0 aliphatic carbocycles. The number of likely N-dealkylation sites (N-methyl/N-ethyl adjacent to an activating group) is 1. The third-order valence-electron chi connectivity index (χ3n) is 5.00. The summed E-state index contributed by atoms with van der Waals surface area (Å²) in [5.74, 6) is 3.62. The highest BCUT2D eigenvalue weighted by molar-refractivity contribution is 7.99. The fourth-order valence-corrected chi connectivity index (χ4v) is 4.72. The summed E-state index contributed by atoms with van der Waals surface area (Å²) in [4.78, 5) is 21.3. The predicted octanol–water partition coefficient (Wildman–Crippen LogP) is 2.23. The Balaban J connectivity index is 1.43. The van der Waals surface area contributed by atoms with Crippen molar-refractivity contribution in [3.8, 4) is 0 Å². The van der Waals surface area contributed by atoms with Crippen molar-refractivity contribution in [3.63, 3.8) is 0 Å². The van der Waals surface area contributed by atoms with Crippen molar-refractivity contribution < 1.29 is 4.79 Å². The zero-order valence-electron chi connectivity index (χ0n) is 14.7. The van der Waals surface area contributed by atoms with Crippen LogP contribution in [0.1, 0.15) is 25.0 Å². The van der Waals surface area contributed by atoms with Crippen LogP contribution in [-0.4, -0.2) is 71.0 Å². The number of piperidine rings is 1.